The van der Waals surface area contributed by atoms with Crippen LogP contribution in [0.15, 0.2) is 17.5 Å². The molecule has 0 radical (unpaired) electrons. The summed E-state index contributed by atoms with van der Waals surface area (Å²) in [5.41, 5.74) is 0. The number of hydrogen-bond donors (Lipinski definition) is 0. The van der Waals surface area contributed by atoms with Gasteiger partial charge < -0.3 is 0 Å². The van der Waals surface area contributed by atoms with Gasteiger partial charge in [-0.2, -0.15) is 0 Å². The van der Waals surface area contributed by atoms with E-state index < -0.39 is 0 Å². The smallest absolute Gasteiger partial charge is 0.0163 e. The van der Waals surface area contributed by atoms with Crippen molar-refractivity contribution in [2.45, 2.75) is 32.1 Å². The summed E-state index contributed by atoms with van der Waals surface area (Å²) >= 11 is 1.82. The Labute approximate surface area is 78.6 Å². The standard InChI is InChI=1S/C11H14S/c1-3-6-10(7-4-2)11-8-5-9-12-11/h1,5,8-10H,4,6-7H2,2H3. The summed E-state index contributed by atoms with van der Waals surface area (Å²) in [6.07, 6.45) is 8.63. The first kappa shape index (κ1) is 9.35. The van der Waals surface area contributed by atoms with Crippen molar-refractivity contribution in [1.29, 1.82) is 0 Å². The maximum atomic E-state index is 5.32. The van der Waals surface area contributed by atoms with Gasteiger partial charge in [-0.3, -0.25) is 0 Å². The zero-order chi connectivity index (χ0) is 8.81. The molecule has 1 heterocycles. The largest absolute Gasteiger partial charge is 0.149 e. The Kier molecular flexibility index (Phi) is 3.90. The fourth-order valence-electron chi connectivity index (χ4n) is 1.36. The van der Waals surface area contributed by atoms with E-state index in [2.05, 4.69) is 30.4 Å². The normalized spacial score (nSPS) is 12.3. The molecule has 0 N–H and O–H groups in total. The van der Waals surface area contributed by atoms with Crippen LogP contribution < -0.4 is 0 Å². The zero-order valence-electron chi connectivity index (χ0n) is 7.42. The van der Waals surface area contributed by atoms with Gasteiger partial charge in [-0.25, -0.2) is 0 Å². The molecule has 0 amide bonds. The molecule has 1 aromatic heterocycles. The highest BCUT2D eigenvalue weighted by molar-refractivity contribution is 7.10. The lowest BCUT2D eigenvalue weighted by molar-refractivity contribution is 0.638. The lowest BCUT2D eigenvalue weighted by Crippen LogP contribution is -1.93. The monoisotopic (exact) mass is 178 g/mol. The molecule has 0 aliphatic heterocycles. The lowest BCUT2D eigenvalue weighted by atomic mass is 9.99. The van der Waals surface area contributed by atoms with E-state index in [0.717, 1.165) is 6.42 Å². The Bertz CT molecular complexity index is 240. The molecular formula is C11H14S. The van der Waals surface area contributed by atoms with Crippen molar-refractivity contribution >= 4 is 11.3 Å². The van der Waals surface area contributed by atoms with Crippen LogP contribution in [0.5, 0.6) is 0 Å². The van der Waals surface area contributed by atoms with Crippen molar-refractivity contribution in [3.05, 3.63) is 22.4 Å². The van der Waals surface area contributed by atoms with E-state index in [1.165, 1.54) is 17.7 Å². The molecule has 64 valence electrons. The maximum Gasteiger partial charge on any atom is 0.0163 e. The molecule has 1 heteroatoms. The van der Waals surface area contributed by atoms with Gasteiger partial charge >= 0.3 is 0 Å². The summed E-state index contributed by atoms with van der Waals surface area (Å²) in [6.45, 7) is 2.21. The summed E-state index contributed by atoms with van der Waals surface area (Å²) in [5.74, 6) is 3.34. The van der Waals surface area contributed by atoms with Gasteiger partial charge in [0, 0.05) is 17.2 Å². The van der Waals surface area contributed by atoms with Crippen LogP contribution in [0.4, 0.5) is 0 Å². The van der Waals surface area contributed by atoms with Crippen molar-refractivity contribution in [2.75, 3.05) is 0 Å². The SMILES string of the molecule is C#CCC(CCC)c1cccs1. The average Bonchev–Trinajstić information content (AvgIpc) is 2.56. The van der Waals surface area contributed by atoms with Gasteiger partial charge in [0.15, 0.2) is 0 Å². The van der Waals surface area contributed by atoms with Crippen LogP contribution in [0, 0.1) is 12.3 Å². The van der Waals surface area contributed by atoms with Crippen LogP contribution in [-0.4, -0.2) is 0 Å². The Balaban J connectivity index is 2.61. The first-order valence-electron chi connectivity index (χ1n) is 4.35. The predicted octanol–water partition coefficient (Wildman–Crippen LogP) is 3.66. The topological polar surface area (TPSA) is 0 Å². The van der Waals surface area contributed by atoms with Crippen LogP contribution in [-0.2, 0) is 0 Å². The first-order chi connectivity index (χ1) is 5.88. The molecule has 0 bridgehead atoms. The summed E-state index contributed by atoms with van der Waals surface area (Å²) in [6, 6.07) is 4.28. The van der Waals surface area contributed by atoms with Gasteiger partial charge in [-0.05, 0) is 17.9 Å². The van der Waals surface area contributed by atoms with Crippen molar-refractivity contribution in [3.8, 4) is 12.3 Å². The van der Waals surface area contributed by atoms with Gasteiger partial charge in [-0.15, -0.1) is 23.7 Å². The van der Waals surface area contributed by atoms with E-state index in [9.17, 15) is 0 Å². The van der Waals surface area contributed by atoms with Gasteiger partial charge in [0.05, 0.1) is 0 Å². The van der Waals surface area contributed by atoms with E-state index >= 15 is 0 Å². The number of rotatable bonds is 4. The fraction of sp³-hybridized carbons (Fsp3) is 0.455. The fourth-order valence-corrected chi connectivity index (χ4v) is 2.22. The third-order valence-electron chi connectivity index (χ3n) is 1.95. The van der Waals surface area contributed by atoms with Crippen LogP contribution in [0.25, 0.3) is 0 Å². The molecule has 0 spiro atoms. The number of hydrogen-bond acceptors (Lipinski definition) is 1. The molecule has 0 saturated heterocycles. The van der Waals surface area contributed by atoms with Crippen LogP contribution >= 0.6 is 11.3 Å². The Morgan fingerprint density at radius 2 is 2.50 bits per heavy atom. The molecular weight excluding hydrogens is 164 g/mol. The van der Waals surface area contributed by atoms with E-state index in [-0.39, 0.29) is 0 Å². The molecule has 12 heavy (non-hydrogen) atoms. The number of thiophene rings is 1. The minimum atomic E-state index is 0.597. The molecule has 0 aliphatic rings. The van der Waals surface area contributed by atoms with Gasteiger partial charge in [0.1, 0.15) is 0 Å². The summed E-state index contributed by atoms with van der Waals surface area (Å²) in [7, 11) is 0. The Hall–Kier alpha value is -0.740. The van der Waals surface area contributed by atoms with Crippen LogP contribution in [0.2, 0.25) is 0 Å². The van der Waals surface area contributed by atoms with Crippen molar-refractivity contribution in [2.24, 2.45) is 0 Å². The minimum absolute atomic E-state index is 0.597. The van der Waals surface area contributed by atoms with Crippen LogP contribution in [0.1, 0.15) is 37.0 Å². The highest BCUT2D eigenvalue weighted by Gasteiger charge is 2.09. The number of terminal acetylenes is 1. The molecule has 0 nitrogen and oxygen atoms in total. The molecule has 0 fully saturated rings. The summed E-state index contributed by atoms with van der Waals surface area (Å²) in [5, 5.41) is 2.12. The average molecular weight is 178 g/mol. The lowest BCUT2D eigenvalue weighted by Gasteiger charge is -2.09. The molecule has 1 rings (SSSR count). The van der Waals surface area contributed by atoms with Gasteiger partial charge in [0.25, 0.3) is 0 Å². The molecule has 1 aromatic rings. The third-order valence-corrected chi connectivity index (χ3v) is 2.98. The van der Waals surface area contributed by atoms with Crippen molar-refractivity contribution in [1.82, 2.24) is 0 Å². The molecule has 0 aromatic carbocycles. The van der Waals surface area contributed by atoms with E-state index in [0.29, 0.717) is 5.92 Å². The first-order valence-corrected chi connectivity index (χ1v) is 5.23. The highest BCUT2D eigenvalue weighted by Crippen LogP contribution is 2.27. The Morgan fingerprint density at radius 1 is 1.67 bits per heavy atom. The molecule has 1 unspecified atom stereocenters. The zero-order valence-corrected chi connectivity index (χ0v) is 8.23. The Morgan fingerprint density at radius 3 is 3.00 bits per heavy atom. The highest BCUT2D eigenvalue weighted by atomic mass is 32.1. The minimum Gasteiger partial charge on any atom is -0.149 e. The summed E-state index contributed by atoms with van der Waals surface area (Å²) < 4.78 is 0. The quantitative estimate of drug-likeness (QED) is 0.617. The molecule has 1 atom stereocenters. The third kappa shape index (κ3) is 2.39. The van der Waals surface area contributed by atoms with Crippen LogP contribution in [0.3, 0.4) is 0 Å². The second kappa shape index (κ2) is 5.00. The maximum absolute atomic E-state index is 5.32. The van der Waals surface area contributed by atoms with E-state index in [4.69, 9.17) is 6.42 Å². The predicted molar refractivity (Wildman–Crippen MR) is 55.4 cm³/mol. The summed E-state index contributed by atoms with van der Waals surface area (Å²) in [4.78, 5) is 1.44. The van der Waals surface area contributed by atoms with Crippen molar-refractivity contribution in [3.63, 3.8) is 0 Å². The second-order valence-corrected chi connectivity index (χ2v) is 3.89. The molecule has 0 aliphatic carbocycles. The molecule has 0 saturated carbocycles. The van der Waals surface area contributed by atoms with E-state index in [1.807, 2.05) is 11.3 Å². The van der Waals surface area contributed by atoms with E-state index in [1.54, 1.807) is 0 Å². The van der Waals surface area contributed by atoms with Crippen molar-refractivity contribution < 1.29 is 0 Å². The second-order valence-electron chi connectivity index (χ2n) is 2.91. The van der Waals surface area contributed by atoms with Gasteiger partial charge in [0.2, 0.25) is 0 Å². The van der Waals surface area contributed by atoms with Gasteiger partial charge in [-0.1, -0.05) is 19.4 Å².